The minimum atomic E-state index is -0.122. The Labute approximate surface area is 186 Å². The third-order valence-corrected chi connectivity index (χ3v) is 5.36. The van der Waals surface area contributed by atoms with E-state index < -0.39 is 0 Å². The molecule has 0 aromatic heterocycles. The zero-order chi connectivity index (χ0) is 21.5. The molecule has 160 valence electrons. The second-order valence-electron chi connectivity index (χ2n) is 7.09. The number of para-hydroxylation sites is 2. The Morgan fingerprint density at radius 1 is 1.07 bits per heavy atom. The molecule has 3 rings (SSSR count). The fourth-order valence-corrected chi connectivity index (χ4v) is 3.73. The number of anilines is 1. The molecule has 0 saturated carbocycles. The van der Waals surface area contributed by atoms with Crippen LogP contribution >= 0.6 is 23.2 Å². The quantitative estimate of drug-likeness (QED) is 0.688. The van der Waals surface area contributed by atoms with Crippen molar-refractivity contribution >= 4 is 40.7 Å². The van der Waals surface area contributed by atoms with E-state index in [1.165, 1.54) is 0 Å². The van der Waals surface area contributed by atoms with Crippen LogP contribution in [0, 0.1) is 0 Å². The Balaban J connectivity index is 1.51. The van der Waals surface area contributed by atoms with Crippen LogP contribution in [0.4, 0.5) is 5.69 Å². The summed E-state index contributed by atoms with van der Waals surface area (Å²) < 4.78 is 5.69. The number of benzene rings is 2. The van der Waals surface area contributed by atoms with Crippen molar-refractivity contribution < 1.29 is 14.3 Å². The summed E-state index contributed by atoms with van der Waals surface area (Å²) in [7, 11) is 0. The van der Waals surface area contributed by atoms with E-state index in [1.54, 1.807) is 23.1 Å². The van der Waals surface area contributed by atoms with Crippen LogP contribution in [0.25, 0.3) is 0 Å². The first-order valence-electron chi connectivity index (χ1n) is 9.96. The number of amides is 2. The molecule has 2 amide bonds. The van der Waals surface area contributed by atoms with Gasteiger partial charge in [-0.2, -0.15) is 0 Å². The summed E-state index contributed by atoms with van der Waals surface area (Å²) in [6.07, 6.45) is 0.895. The molecule has 0 unspecified atom stereocenters. The largest absolute Gasteiger partial charge is 0.491 e. The van der Waals surface area contributed by atoms with Gasteiger partial charge in [0.15, 0.2) is 0 Å². The first-order valence-corrected chi connectivity index (χ1v) is 10.7. The van der Waals surface area contributed by atoms with Gasteiger partial charge >= 0.3 is 0 Å². The molecular weight excluding hydrogens is 425 g/mol. The molecule has 1 aliphatic heterocycles. The van der Waals surface area contributed by atoms with E-state index in [0.29, 0.717) is 59.8 Å². The SMILES string of the molecule is CCCOc1ccccc1NC(=O)CN1CCN(C(=O)c2ccc(Cl)cc2Cl)CC1. The molecule has 2 aromatic rings. The maximum Gasteiger partial charge on any atom is 0.255 e. The maximum atomic E-state index is 12.7. The molecule has 0 bridgehead atoms. The predicted octanol–water partition coefficient (Wildman–Crippen LogP) is 4.18. The number of hydrogen-bond acceptors (Lipinski definition) is 4. The Morgan fingerprint density at radius 2 is 1.80 bits per heavy atom. The minimum absolute atomic E-state index is 0.108. The lowest BCUT2D eigenvalue weighted by Gasteiger charge is -2.34. The molecule has 1 aliphatic rings. The molecule has 1 N–H and O–H groups in total. The zero-order valence-corrected chi connectivity index (χ0v) is 18.4. The van der Waals surface area contributed by atoms with Gasteiger partial charge in [-0.15, -0.1) is 0 Å². The number of rotatable bonds is 7. The molecule has 8 heteroatoms. The van der Waals surface area contributed by atoms with E-state index in [9.17, 15) is 9.59 Å². The van der Waals surface area contributed by atoms with Crippen LogP contribution in [-0.4, -0.2) is 60.9 Å². The van der Waals surface area contributed by atoms with Crippen molar-refractivity contribution in [2.75, 3.05) is 44.6 Å². The number of carbonyl (C=O) groups is 2. The van der Waals surface area contributed by atoms with Crippen LogP contribution in [0.3, 0.4) is 0 Å². The van der Waals surface area contributed by atoms with Gasteiger partial charge in [-0.25, -0.2) is 0 Å². The highest BCUT2D eigenvalue weighted by Crippen LogP contribution is 2.24. The van der Waals surface area contributed by atoms with E-state index >= 15 is 0 Å². The van der Waals surface area contributed by atoms with Gasteiger partial charge in [0, 0.05) is 31.2 Å². The van der Waals surface area contributed by atoms with Gasteiger partial charge < -0.3 is 15.0 Å². The highest BCUT2D eigenvalue weighted by atomic mass is 35.5. The van der Waals surface area contributed by atoms with Crippen molar-refractivity contribution in [2.24, 2.45) is 0 Å². The lowest BCUT2D eigenvalue weighted by molar-refractivity contribution is -0.117. The van der Waals surface area contributed by atoms with E-state index in [2.05, 4.69) is 5.32 Å². The first kappa shape index (κ1) is 22.4. The second-order valence-corrected chi connectivity index (χ2v) is 7.93. The van der Waals surface area contributed by atoms with Crippen molar-refractivity contribution in [3.63, 3.8) is 0 Å². The lowest BCUT2D eigenvalue weighted by Crippen LogP contribution is -2.50. The third-order valence-electron chi connectivity index (χ3n) is 4.81. The second kappa shape index (κ2) is 10.7. The third kappa shape index (κ3) is 5.88. The van der Waals surface area contributed by atoms with E-state index in [0.717, 1.165) is 6.42 Å². The van der Waals surface area contributed by atoms with Crippen molar-refractivity contribution in [3.05, 3.63) is 58.1 Å². The summed E-state index contributed by atoms with van der Waals surface area (Å²) in [4.78, 5) is 29.0. The monoisotopic (exact) mass is 449 g/mol. The Kier molecular flexibility index (Phi) is 7.96. The average Bonchev–Trinajstić information content (AvgIpc) is 2.73. The van der Waals surface area contributed by atoms with Gasteiger partial charge in [0.1, 0.15) is 5.75 Å². The summed E-state index contributed by atoms with van der Waals surface area (Å²) >= 11 is 12.1. The molecule has 2 aromatic carbocycles. The van der Waals surface area contributed by atoms with Crippen LogP contribution < -0.4 is 10.1 Å². The molecule has 0 aliphatic carbocycles. The Hall–Kier alpha value is -2.28. The zero-order valence-electron chi connectivity index (χ0n) is 16.9. The summed E-state index contributed by atoms with van der Waals surface area (Å²) in [5, 5.41) is 3.76. The molecule has 0 radical (unpaired) electrons. The number of ether oxygens (including phenoxy) is 1. The van der Waals surface area contributed by atoms with E-state index in [4.69, 9.17) is 27.9 Å². The molecule has 1 fully saturated rings. The van der Waals surface area contributed by atoms with Crippen LogP contribution in [0.5, 0.6) is 5.75 Å². The summed E-state index contributed by atoms with van der Waals surface area (Å²) in [6.45, 7) is 5.16. The van der Waals surface area contributed by atoms with E-state index in [1.807, 2.05) is 36.1 Å². The van der Waals surface area contributed by atoms with Gasteiger partial charge in [-0.05, 0) is 36.8 Å². The fourth-order valence-electron chi connectivity index (χ4n) is 3.24. The number of piperazine rings is 1. The first-order chi connectivity index (χ1) is 14.5. The van der Waals surface area contributed by atoms with Crippen LogP contribution in [0.15, 0.2) is 42.5 Å². The van der Waals surface area contributed by atoms with Crippen molar-refractivity contribution in [3.8, 4) is 5.75 Å². The summed E-state index contributed by atoms with van der Waals surface area (Å²) in [5.41, 5.74) is 1.11. The smallest absolute Gasteiger partial charge is 0.255 e. The molecule has 0 spiro atoms. The highest BCUT2D eigenvalue weighted by Gasteiger charge is 2.24. The number of carbonyl (C=O) groups excluding carboxylic acids is 2. The number of halogens is 2. The number of hydrogen-bond donors (Lipinski definition) is 1. The number of nitrogens with one attached hydrogen (secondary N) is 1. The molecule has 0 atom stereocenters. The van der Waals surface area contributed by atoms with Crippen LogP contribution in [0.1, 0.15) is 23.7 Å². The molecule has 6 nitrogen and oxygen atoms in total. The van der Waals surface area contributed by atoms with Gasteiger partial charge in [0.25, 0.3) is 5.91 Å². The summed E-state index contributed by atoms with van der Waals surface area (Å²) in [5.74, 6) is 0.439. The molecular formula is C22H25Cl2N3O3. The topological polar surface area (TPSA) is 61.9 Å². The van der Waals surface area contributed by atoms with Crippen molar-refractivity contribution in [1.82, 2.24) is 9.80 Å². The number of nitrogens with zero attached hydrogens (tertiary/aromatic N) is 2. The minimum Gasteiger partial charge on any atom is -0.491 e. The Bertz CT molecular complexity index is 899. The van der Waals surface area contributed by atoms with Gasteiger partial charge in [-0.1, -0.05) is 42.3 Å². The van der Waals surface area contributed by atoms with Crippen LogP contribution in [-0.2, 0) is 4.79 Å². The highest BCUT2D eigenvalue weighted by molar-refractivity contribution is 6.36. The molecule has 1 heterocycles. The van der Waals surface area contributed by atoms with Crippen molar-refractivity contribution in [1.29, 1.82) is 0 Å². The molecule has 1 saturated heterocycles. The standard InChI is InChI=1S/C22H25Cl2N3O3/c1-2-13-30-20-6-4-3-5-19(20)25-21(28)15-26-9-11-27(12-10-26)22(29)17-8-7-16(23)14-18(17)24/h3-8,14H,2,9-13,15H2,1H3,(H,25,28). The van der Waals surface area contributed by atoms with Gasteiger partial charge in [0.2, 0.25) is 5.91 Å². The summed E-state index contributed by atoms with van der Waals surface area (Å²) in [6, 6.07) is 12.3. The van der Waals surface area contributed by atoms with Gasteiger partial charge in [0.05, 0.1) is 29.4 Å². The Morgan fingerprint density at radius 3 is 2.50 bits per heavy atom. The fraction of sp³-hybridized carbons (Fsp3) is 0.364. The van der Waals surface area contributed by atoms with Gasteiger partial charge in [-0.3, -0.25) is 14.5 Å². The van der Waals surface area contributed by atoms with Crippen molar-refractivity contribution in [2.45, 2.75) is 13.3 Å². The lowest BCUT2D eigenvalue weighted by atomic mass is 10.1. The average molecular weight is 450 g/mol. The van der Waals surface area contributed by atoms with Crippen LogP contribution in [0.2, 0.25) is 10.0 Å². The normalized spacial score (nSPS) is 14.4. The maximum absolute atomic E-state index is 12.7. The molecule has 30 heavy (non-hydrogen) atoms. The predicted molar refractivity (Wildman–Crippen MR) is 120 cm³/mol. The van der Waals surface area contributed by atoms with E-state index in [-0.39, 0.29) is 18.4 Å².